The lowest BCUT2D eigenvalue weighted by Gasteiger charge is -2.25. The van der Waals surface area contributed by atoms with Crippen LogP contribution in [0.25, 0.3) is 0 Å². The SMILES string of the molecule is CCNC(CCC(C)C)C1CCC(C)C1. The van der Waals surface area contributed by atoms with Gasteiger partial charge in [0.25, 0.3) is 0 Å². The van der Waals surface area contributed by atoms with Crippen LogP contribution in [-0.2, 0) is 0 Å². The van der Waals surface area contributed by atoms with E-state index in [0.717, 1.165) is 30.3 Å². The molecule has 0 aromatic carbocycles. The average Bonchev–Trinajstić information content (AvgIpc) is 2.59. The first-order valence-electron chi connectivity index (χ1n) is 6.86. The van der Waals surface area contributed by atoms with Crippen molar-refractivity contribution in [2.75, 3.05) is 6.54 Å². The summed E-state index contributed by atoms with van der Waals surface area (Å²) >= 11 is 0. The summed E-state index contributed by atoms with van der Waals surface area (Å²) in [5, 5.41) is 3.70. The summed E-state index contributed by atoms with van der Waals surface area (Å²) in [6, 6.07) is 0.794. The highest BCUT2D eigenvalue weighted by atomic mass is 14.9. The molecule has 1 saturated carbocycles. The van der Waals surface area contributed by atoms with Crippen LogP contribution in [0.1, 0.15) is 59.8 Å². The highest BCUT2D eigenvalue weighted by Gasteiger charge is 2.27. The van der Waals surface area contributed by atoms with E-state index in [4.69, 9.17) is 0 Å². The van der Waals surface area contributed by atoms with E-state index in [9.17, 15) is 0 Å². The van der Waals surface area contributed by atoms with Gasteiger partial charge in [0.2, 0.25) is 0 Å². The van der Waals surface area contributed by atoms with Gasteiger partial charge in [0, 0.05) is 6.04 Å². The minimum atomic E-state index is 0.794. The summed E-state index contributed by atoms with van der Waals surface area (Å²) in [5.41, 5.74) is 0. The van der Waals surface area contributed by atoms with Crippen molar-refractivity contribution in [3.8, 4) is 0 Å². The first-order valence-corrected chi connectivity index (χ1v) is 6.86. The van der Waals surface area contributed by atoms with E-state index < -0.39 is 0 Å². The molecule has 0 aliphatic heterocycles. The van der Waals surface area contributed by atoms with Crippen LogP contribution in [0.3, 0.4) is 0 Å². The molecule has 0 amide bonds. The Morgan fingerprint density at radius 1 is 1.20 bits per heavy atom. The zero-order chi connectivity index (χ0) is 11.3. The van der Waals surface area contributed by atoms with Crippen molar-refractivity contribution in [3.63, 3.8) is 0 Å². The molecule has 0 radical (unpaired) electrons. The molecule has 1 fully saturated rings. The van der Waals surface area contributed by atoms with Gasteiger partial charge < -0.3 is 5.32 Å². The van der Waals surface area contributed by atoms with Gasteiger partial charge in [-0.15, -0.1) is 0 Å². The minimum absolute atomic E-state index is 0.794. The highest BCUT2D eigenvalue weighted by molar-refractivity contribution is 4.83. The van der Waals surface area contributed by atoms with Crippen molar-refractivity contribution in [2.45, 2.75) is 65.8 Å². The molecule has 1 N–H and O–H groups in total. The number of hydrogen-bond acceptors (Lipinski definition) is 1. The Hall–Kier alpha value is -0.0400. The second kappa shape index (κ2) is 6.52. The van der Waals surface area contributed by atoms with Gasteiger partial charge in [0.1, 0.15) is 0 Å². The van der Waals surface area contributed by atoms with Crippen molar-refractivity contribution < 1.29 is 0 Å². The quantitative estimate of drug-likeness (QED) is 0.704. The maximum Gasteiger partial charge on any atom is 0.00954 e. The van der Waals surface area contributed by atoms with Crippen molar-refractivity contribution in [3.05, 3.63) is 0 Å². The fraction of sp³-hybridized carbons (Fsp3) is 1.00. The highest BCUT2D eigenvalue weighted by Crippen LogP contribution is 2.34. The van der Waals surface area contributed by atoms with E-state index in [1.54, 1.807) is 0 Å². The molecule has 1 rings (SSSR count). The molecule has 3 unspecified atom stereocenters. The summed E-state index contributed by atoms with van der Waals surface area (Å²) in [7, 11) is 0. The standard InChI is InChI=1S/C14H29N/c1-5-15-14(9-6-11(2)3)13-8-7-12(4)10-13/h11-15H,5-10H2,1-4H3. The zero-order valence-corrected chi connectivity index (χ0v) is 11.1. The Morgan fingerprint density at radius 2 is 1.93 bits per heavy atom. The van der Waals surface area contributed by atoms with Gasteiger partial charge in [0.15, 0.2) is 0 Å². The van der Waals surface area contributed by atoms with Gasteiger partial charge >= 0.3 is 0 Å². The number of rotatable bonds is 6. The van der Waals surface area contributed by atoms with Crippen LogP contribution in [0.5, 0.6) is 0 Å². The van der Waals surface area contributed by atoms with Crippen LogP contribution in [0.4, 0.5) is 0 Å². The molecule has 1 heteroatoms. The van der Waals surface area contributed by atoms with Gasteiger partial charge in [-0.05, 0) is 50.0 Å². The lowest BCUT2D eigenvalue weighted by Crippen LogP contribution is -2.35. The molecule has 1 aliphatic carbocycles. The Labute approximate surface area is 96.0 Å². The largest absolute Gasteiger partial charge is 0.314 e. The molecule has 0 spiro atoms. The van der Waals surface area contributed by atoms with Crippen LogP contribution in [0.15, 0.2) is 0 Å². The topological polar surface area (TPSA) is 12.0 Å². The fourth-order valence-corrected chi connectivity index (χ4v) is 2.90. The summed E-state index contributed by atoms with van der Waals surface area (Å²) in [4.78, 5) is 0. The molecule has 0 heterocycles. The molecular formula is C14H29N. The Kier molecular flexibility index (Phi) is 5.66. The first-order chi connectivity index (χ1) is 7.13. The van der Waals surface area contributed by atoms with Crippen molar-refractivity contribution in [1.82, 2.24) is 5.32 Å². The lowest BCUT2D eigenvalue weighted by molar-refractivity contribution is 0.319. The minimum Gasteiger partial charge on any atom is -0.314 e. The zero-order valence-electron chi connectivity index (χ0n) is 11.1. The van der Waals surface area contributed by atoms with Crippen LogP contribution in [0, 0.1) is 17.8 Å². The van der Waals surface area contributed by atoms with Gasteiger partial charge in [-0.1, -0.05) is 34.1 Å². The third-order valence-corrected chi connectivity index (χ3v) is 3.83. The molecule has 0 saturated heterocycles. The fourth-order valence-electron chi connectivity index (χ4n) is 2.90. The van der Waals surface area contributed by atoms with Crippen LogP contribution in [-0.4, -0.2) is 12.6 Å². The van der Waals surface area contributed by atoms with E-state index >= 15 is 0 Å². The summed E-state index contributed by atoms with van der Waals surface area (Å²) in [6.45, 7) is 10.4. The molecule has 0 aromatic heterocycles. The summed E-state index contributed by atoms with van der Waals surface area (Å²) in [5.74, 6) is 2.78. The smallest absolute Gasteiger partial charge is 0.00954 e. The van der Waals surface area contributed by atoms with Crippen molar-refractivity contribution in [2.24, 2.45) is 17.8 Å². The van der Waals surface area contributed by atoms with Crippen molar-refractivity contribution >= 4 is 0 Å². The summed E-state index contributed by atoms with van der Waals surface area (Å²) in [6.07, 6.45) is 7.12. The predicted molar refractivity (Wildman–Crippen MR) is 68.0 cm³/mol. The molecule has 15 heavy (non-hydrogen) atoms. The lowest BCUT2D eigenvalue weighted by atomic mass is 9.91. The molecule has 90 valence electrons. The third-order valence-electron chi connectivity index (χ3n) is 3.83. The predicted octanol–water partition coefficient (Wildman–Crippen LogP) is 3.84. The van der Waals surface area contributed by atoms with Crippen LogP contribution in [0.2, 0.25) is 0 Å². The van der Waals surface area contributed by atoms with E-state index in [-0.39, 0.29) is 0 Å². The average molecular weight is 211 g/mol. The monoisotopic (exact) mass is 211 g/mol. The van der Waals surface area contributed by atoms with E-state index in [1.165, 1.54) is 32.1 Å². The Morgan fingerprint density at radius 3 is 2.40 bits per heavy atom. The normalized spacial score (nSPS) is 28.6. The number of hydrogen-bond donors (Lipinski definition) is 1. The second-order valence-corrected chi connectivity index (χ2v) is 5.81. The Balaban J connectivity index is 2.35. The van der Waals surface area contributed by atoms with Gasteiger partial charge in [-0.2, -0.15) is 0 Å². The molecule has 3 atom stereocenters. The van der Waals surface area contributed by atoms with E-state index in [0.29, 0.717) is 0 Å². The van der Waals surface area contributed by atoms with E-state index in [2.05, 4.69) is 33.0 Å². The molecule has 1 aliphatic rings. The second-order valence-electron chi connectivity index (χ2n) is 5.81. The first kappa shape index (κ1) is 13.0. The van der Waals surface area contributed by atoms with Crippen molar-refractivity contribution in [1.29, 1.82) is 0 Å². The molecule has 0 bridgehead atoms. The maximum atomic E-state index is 3.70. The van der Waals surface area contributed by atoms with Crippen LogP contribution < -0.4 is 5.32 Å². The number of nitrogens with one attached hydrogen (secondary N) is 1. The van der Waals surface area contributed by atoms with Gasteiger partial charge in [-0.25, -0.2) is 0 Å². The molecule has 0 aromatic rings. The van der Waals surface area contributed by atoms with E-state index in [1.807, 2.05) is 0 Å². The third kappa shape index (κ3) is 4.55. The van der Waals surface area contributed by atoms with Crippen LogP contribution >= 0.6 is 0 Å². The molecule has 1 nitrogen and oxygen atoms in total. The van der Waals surface area contributed by atoms with Gasteiger partial charge in [0.05, 0.1) is 0 Å². The maximum absolute atomic E-state index is 3.70. The van der Waals surface area contributed by atoms with Gasteiger partial charge in [-0.3, -0.25) is 0 Å². The Bertz CT molecular complexity index is 165. The summed E-state index contributed by atoms with van der Waals surface area (Å²) < 4.78 is 0. The molecular weight excluding hydrogens is 182 g/mol.